The molecule has 0 bridgehead atoms. The van der Waals surface area contributed by atoms with E-state index in [0.29, 0.717) is 27.7 Å². The highest BCUT2D eigenvalue weighted by Crippen LogP contribution is 2.47. The van der Waals surface area contributed by atoms with Crippen molar-refractivity contribution in [3.8, 4) is 11.1 Å². The number of pyridine rings is 2. The molecule has 9 heteroatoms. The maximum atomic E-state index is 15.4. The fourth-order valence-electron chi connectivity index (χ4n) is 5.78. The number of aryl methyl sites for hydroxylation is 1. The number of urea groups is 1. The fourth-order valence-corrected chi connectivity index (χ4v) is 5.78. The predicted molar refractivity (Wildman–Crippen MR) is 134 cm³/mol. The number of carbonyl (C=O) groups excluding carboxylic acids is 1. The van der Waals surface area contributed by atoms with E-state index in [1.165, 1.54) is 6.20 Å². The van der Waals surface area contributed by atoms with Crippen LogP contribution in [0.5, 0.6) is 0 Å². The van der Waals surface area contributed by atoms with Crippen LogP contribution >= 0.6 is 0 Å². The second kappa shape index (κ2) is 8.34. The van der Waals surface area contributed by atoms with E-state index in [2.05, 4.69) is 25.9 Å². The largest absolute Gasteiger partial charge is 0.396 e. The first-order valence-corrected chi connectivity index (χ1v) is 12.2. The normalized spacial score (nSPS) is 23.0. The van der Waals surface area contributed by atoms with Gasteiger partial charge in [-0.1, -0.05) is 0 Å². The summed E-state index contributed by atoms with van der Waals surface area (Å²) in [5.74, 6) is -0.111. The van der Waals surface area contributed by atoms with E-state index in [0.717, 1.165) is 68.8 Å². The lowest BCUT2D eigenvalue weighted by Gasteiger charge is -2.44. The number of amides is 2. The van der Waals surface area contributed by atoms with Crippen molar-refractivity contribution in [2.75, 3.05) is 36.1 Å². The molecule has 8 nitrogen and oxygen atoms in total. The van der Waals surface area contributed by atoms with Crippen molar-refractivity contribution < 1.29 is 13.9 Å². The third kappa shape index (κ3) is 3.83. The molecule has 0 unspecified atom stereocenters. The van der Waals surface area contributed by atoms with E-state index in [-0.39, 0.29) is 23.2 Å². The van der Waals surface area contributed by atoms with Gasteiger partial charge in [0.15, 0.2) is 5.82 Å². The molecule has 2 aliphatic heterocycles. The molecule has 1 saturated carbocycles. The van der Waals surface area contributed by atoms with Crippen molar-refractivity contribution in [3.05, 3.63) is 41.6 Å². The molecule has 2 aromatic heterocycles. The first-order chi connectivity index (χ1) is 16.9. The number of halogens is 1. The van der Waals surface area contributed by atoms with Crippen molar-refractivity contribution in [1.82, 2.24) is 15.3 Å². The van der Waals surface area contributed by atoms with Gasteiger partial charge in [-0.3, -0.25) is 10.3 Å². The smallest absolute Gasteiger partial charge is 0.320 e. The number of nitrogens with one attached hydrogen (secondary N) is 3. The highest BCUT2D eigenvalue weighted by atomic mass is 19.1. The molecule has 1 spiro atoms. The van der Waals surface area contributed by atoms with Crippen molar-refractivity contribution in [3.63, 3.8) is 0 Å². The van der Waals surface area contributed by atoms with Gasteiger partial charge in [0.05, 0.1) is 23.7 Å². The third-order valence-electron chi connectivity index (χ3n) is 7.72. The van der Waals surface area contributed by atoms with E-state index in [1.54, 1.807) is 18.3 Å². The van der Waals surface area contributed by atoms with Gasteiger partial charge in [0.1, 0.15) is 5.82 Å². The fraction of sp³-hybridized carbons (Fsp3) is 0.423. The number of fused-ring (bicyclic) bond motifs is 2. The van der Waals surface area contributed by atoms with E-state index in [9.17, 15) is 4.79 Å². The minimum atomic E-state index is -0.492. The molecule has 0 radical (unpaired) electrons. The molecule has 35 heavy (non-hydrogen) atoms. The Morgan fingerprint density at radius 2 is 2.11 bits per heavy atom. The van der Waals surface area contributed by atoms with Gasteiger partial charge in [-0.15, -0.1) is 0 Å². The summed E-state index contributed by atoms with van der Waals surface area (Å²) in [5, 5.41) is 10.4. The van der Waals surface area contributed by atoms with E-state index in [1.807, 2.05) is 6.92 Å². The van der Waals surface area contributed by atoms with Crippen LogP contribution in [0, 0.1) is 18.2 Å². The van der Waals surface area contributed by atoms with Gasteiger partial charge < -0.3 is 21.1 Å². The Kier molecular flexibility index (Phi) is 5.25. The van der Waals surface area contributed by atoms with E-state index in [4.69, 9.17) is 10.5 Å². The van der Waals surface area contributed by atoms with Gasteiger partial charge in [-0.05, 0) is 67.5 Å². The number of anilines is 3. The molecule has 3 aromatic rings. The van der Waals surface area contributed by atoms with Crippen molar-refractivity contribution in [1.29, 1.82) is 0 Å². The van der Waals surface area contributed by atoms with E-state index < -0.39 is 5.82 Å². The number of hydrogen-bond donors (Lipinski definition) is 4. The molecular weight excluding hydrogens is 447 g/mol. The lowest BCUT2D eigenvalue weighted by Crippen LogP contribution is -2.52. The Bertz CT molecular complexity index is 1330. The van der Waals surface area contributed by atoms with Crippen LogP contribution in [0.25, 0.3) is 21.9 Å². The summed E-state index contributed by atoms with van der Waals surface area (Å²) in [7, 11) is 0. The molecule has 4 heterocycles. The lowest BCUT2D eigenvalue weighted by molar-refractivity contribution is 0.0639. The maximum Gasteiger partial charge on any atom is 0.320 e. The zero-order chi connectivity index (χ0) is 24.2. The quantitative estimate of drug-likeness (QED) is 0.417. The number of nitrogen functional groups attached to an aromatic ring is 1. The molecule has 6 rings (SSSR count). The molecule has 1 saturated heterocycles. The second-order valence-electron chi connectivity index (χ2n) is 10.1. The SMILES string of the molecule is Cc1c(-c2cc3cc(NC(=O)N[C@H]4C[C@]5(CCOC5)C4)ncc3c(N)c2F)cnc2c1NCCC2. The van der Waals surface area contributed by atoms with Gasteiger partial charge in [0.2, 0.25) is 0 Å². The summed E-state index contributed by atoms with van der Waals surface area (Å²) < 4.78 is 20.9. The third-order valence-corrected chi connectivity index (χ3v) is 7.72. The Labute approximate surface area is 202 Å². The number of hydrogen-bond acceptors (Lipinski definition) is 6. The molecule has 1 aromatic carbocycles. The maximum absolute atomic E-state index is 15.4. The minimum absolute atomic E-state index is 0.0321. The summed E-state index contributed by atoms with van der Waals surface area (Å²) in [6.45, 7) is 4.44. The van der Waals surface area contributed by atoms with Gasteiger partial charge in [0, 0.05) is 48.1 Å². The average Bonchev–Trinajstić information content (AvgIpc) is 3.32. The van der Waals surface area contributed by atoms with Crippen LogP contribution in [0.1, 0.15) is 36.9 Å². The number of ether oxygens (including phenoxy) is 1. The van der Waals surface area contributed by atoms with Gasteiger partial charge in [-0.25, -0.2) is 14.2 Å². The Morgan fingerprint density at radius 1 is 1.26 bits per heavy atom. The molecule has 3 aliphatic rings. The Morgan fingerprint density at radius 3 is 2.91 bits per heavy atom. The zero-order valence-corrected chi connectivity index (χ0v) is 19.7. The molecular formula is C26H29FN6O2. The standard InChI is InChI=1S/C26H29FN6O2/c1-14-18(11-30-20-3-2-5-29-24(14)20)17-7-15-8-21(31-12-19(15)23(28)22(17)27)33-25(34)32-16-9-26(10-16)4-6-35-13-26/h7-8,11-12,16,29H,2-6,9-10,13,28H2,1H3,(H2,31,32,33,34)/t16-,26+. The van der Waals surface area contributed by atoms with E-state index >= 15 is 4.39 Å². The summed E-state index contributed by atoms with van der Waals surface area (Å²) >= 11 is 0. The number of benzene rings is 1. The van der Waals surface area contributed by atoms with Gasteiger partial charge in [0.25, 0.3) is 0 Å². The number of carbonyl (C=O) groups is 1. The average molecular weight is 477 g/mol. The topological polar surface area (TPSA) is 114 Å². The van der Waals surface area contributed by atoms with Crippen LogP contribution in [-0.4, -0.2) is 41.8 Å². The van der Waals surface area contributed by atoms with Crippen molar-refractivity contribution in [2.45, 2.75) is 45.1 Å². The summed E-state index contributed by atoms with van der Waals surface area (Å²) in [5.41, 5.74) is 10.5. The molecule has 1 aliphatic carbocycles. The summed E-state index contributed by atoms with van der Waals surface area (Å²) in [6.07, 6.45) is 8.10. The zero-order valence-electron chi connectivity index (χ0n) is 19.7. The summed E-state index contributed by atoms with van der Waals surface area (Å²) in [6, 6.07) is 3.31. The number of aromatic nitrogens is 2. The number of nitrogens with two attached hydrogens (primary N) is 1. The summed E-state index contributed by atoms with van der Waals surface area (Å²) in [4.78, 5) is 21.4. The van der Waals surface area contributed by atoms with Crippen molar-refractivity contribution in [2.24, 2.45) is 5.41 Å². The van der Waals surface area contributed by atoms with Crippen LogP contribution in [0.15, 0.2) is 24.5 Å². The molecule has 2 fully saturated rings. The second-order valence-corrected chi connectivity index (χ2v) is 10.1. The van der Waals surface area contributed by atoms with Gasteiger partial charge >= 0.3 is 6.03 Å². The molecule has 2 amide bonds. The van der Waals surface area contributed by atoms with Crippen LogP contribution in [-0.2, 0) is 11.2 Å². The molecule has 0 atom stereocenters. The first kappa shape index (κ1) is 22.0. The highest BCUT2D eigenvalue weighted by Gasteiger charge is 2.47. The number of rotatable bonds is 3. The van der Waals surface area contributed by atoms with Crippen LogP contribution < -0.4 is 21.7 Å². The monoisotopic (exact) mass is 476 g/mol. The molecule has 5 N–H and O–H groups in total. The lowest BCUT2D eigenvalue weighted by atomic mass is 9.65. The Balaban J connectivity index is 1.26. The van der Waals surface area contributed by atoms with Crippen LogP contribution in [0.2, 0.25) is 0 Å². The predicted octanol–water partition coefficient (Wildman–Crippen LogP) is 4.38. The minimum Gasteiger partial charge on any atom is -0.396 e. The van der Waals surface area contributed by atoms with Crippen molar-refractivity contribution >= 4 is 34.0 Å². The molecule has 182 valence electrons. The highest BCUT2D eigenvalue weighted by molar-refractivity contribution is 6.00. The first-order valence-electron chi connectivity index (χ1n) is 12.2. The van der Waals surface area contributed by atoms with Crippen LogP contribution in [0.4, 0.5) is 26.4 Å². The number of nitrogens with zero attached hydrogens (tertiary/aromatic N) is 2. The van der Waals surface area contributed by atoms with Crippen LogP contribution in [0.3, 0.4) is 0 Å². The Hall–Kier alpha value is -3.46. The van der Waals surface area contributed by atoms with Gasteiger partial charge in [-0.2, -0.15) is 0 Å².